The van der Waals surface area contributed by atoms with Crippen molar-refractivity contribution in [3.05, 3.63) is 30.3 Å². The predicted octanol–water partition coefficient (Wildman–Crippen LogP) is 1.98. The summed E-state index contributed by atoms with van der Waals surface area (Å²) in [5, 5.41) is 11.8. The maximum absolute atomic E-state index is 10.5. The second-order valence-corrected chi connectivity index (χ2v) is 3.68. The van der Waals surface area contributed by atoms with Gasteiger partial charge in [0.2, 0.25) is 0 Å². The lowest BCUT2D eigenvalue weighted by Crippen LogP contribution is -2.27. The minimum absolute atomic E-state index is 0.276. The molecular weight excluding hydrogens is 216 g/mol. The van der Waals surface area contributed by atoms with Crippen molar-refractivity contribution in [1.82, 2.24) is 0 Å². The molecule has 0 aliphatic rings. The van der Waals surface area contributed by atoms with Crippen LogP contribution in [-0.2, 0) is 9.53 Å². The molecular formula is C13H16N2O2. The Morgan fingerprint density at radius 3 is 2.76 bits per heavy atom. The summed E-state index contributed by atoms with van der Waals surface area (Å²) in [6, 6.07) is 11.6. The fraction of sp³-hybridized carbons (Fsp3) is 0.385. The summed E-state index contributed by atoms with van der Waals surface area (Å²) in [5.41, 5.74) is 0.969. The average molecular weight is 232 g/mol. The van der Waals surface area contributed by atoms with Crippen molar-refractivity contribution in [3.63, 3.8) is 0 Å². The first-order valence-corrected chi connectivity index (χ1v) is 5.54. The van der Waals surface area contributed by atoms with Gasteiger partial charge >= 0.3 is 0 Å². The van der Waals surface area contributed by atoms with E-state index < -0.39 is 6.10 Å². The van der Waals surface area contributed by atoms with Crippen molar-refractivity contribution in [2.24, 2.45) is 0 Å². The monoisotopic (exact) mass is 232 g/mol. The number of rotatable bonds is 7. The zero-order valence-corrected chi connectivity index (χ0v) is 9.80. The molecule has 0 radical (unpaired) electrons. The molecule has 0 spiro atoms. The number of carbonyl (C=O) groups excluding carboxylic acids is 1. The highest BCUT2D eigenvalue weighted by Gasteiger charge is 2.12. The first-order valence-electron chi connectivity index (χ1n) is 5.54. The number of aldehydes is 1. The zero-order chi connectivity index (χ0) is 12.5. The molecule has 0 saturated heterocycles. The topological polar surface area (TPSA) is 62.1 Å². The molecule has 0 aliphatic carbocycles. The van der Waals surface area contributed by atoms with Crippen molar-refractivity contribution in [2.45, 2.75) is 25.6 Å². The Balaban J connectivity index is 2.44. The molecule has 0 bridgehead atoms. The van der Waals surface area contributed by atoms with E-state index >= 15 is 0 Å². The van der Waals surface area contributed by atoms with Gasteiger partial charge in [0.05, 0.1) is 12.2 Å². The smallest absolute Gasteiger partial charge is 0.141 e. The van der Waals surface area contributed by atoms with Gasteiger partial charge in [-0.2, -0.15) is 5.26 Å². The number of nitrogens with zero attached hydrogens (tertiary/aromatic N) is 1. The van der Waals surface area contributed by atoms with Gasteiger partial charge in [-0.15, -0.1) is 0 Å². The third-order valence-electron chi connectivity index (χ3n) is 2.25. The highest BCUT2D eigenvalue weighted by Crippen LogP contribution is 2.07. The SMILES string of the molecule is CC(C#N)OC(CC=O)CNc1ccccc1. The van der Waals surface area contributed by atoms with E-state index in [2.05, 4.69) is 5.32 Å². The summed E-state index contributed by atoms with van der Waals surface area (Å²) in [4.78, 5) is 10.5. The lowest BCUT2D eigenvalue weighted by atomic mass is 10.2. The minimum atomic E-state index is -0.502. The molecule has 0 heterocycles. The normalized spacial score (nSPS) is 13.4. The molecule has 0 fully saturated rings. The predicted molar refractivity (Wildman–Crippen MR) is 65.6 cm³/mol. The van der Waals surface area contributed by atoms with Crippen LogP contribution in [0.3, 0.4) is 0 Å². The van der Waals surface area contributed by atoms with E-state index in [4.69, 9.17) is 10.00 Å². The van der Waals surface area contributed by atoms with E-state index in [1.54, 1.807) is 6.92 Å². The Labute approximate surface area is 101 Å². The summed E-state index contributed by atoms with van der Waals surface area (Å²) < 4.78 is 5.41. The Hall–Kier alpha value is -1.86. The molecule has 0 aromatic heterocycles. The minimum Gasteiger partial charge on any atom is -0.382 e. The molecule has 1 N–H and O–H groups in total. The third-order valence-corrected chi connectivity index (χ3v) is 2.25. The van der Waals surface area contributed by atoms with Crippen LogP contribution in [0.25, 0.3) is 0 Å². The second kappa shape index (κ2) is 7.42. The molecule has 4 heteroatoms. The van der Waals surface area contributed by atoms with Crippen LogP contribution in [0.2, 0.25) is 0 Å². The molecule has 90 valence electrons. The largest absolute Gasteiger partial charge is 0.382 e. The average Bonchev–Trinajstić information content (AvgIpc) is 2.37. The van der Waals surface area contributed by atoms with E-state index in [0.717, 1.165) is 12.0 Å². The van der Waals surface area contributed by atoms with Crippen LogP contribution in [0.15, 0.2) is 30.3 Å². The van der Waals surface area contributed by atoms with Crippen LogP contribution >= 0.6 is 0 Å². The van der Waals surface area contributed by atoms with Gasteiger partial charge in [-0.1, -0.05) is 18.2 Å². The van der Waals surface area contributed by atoms with Gasteiger partial charge in [-0.05, 0) is 19.1 Å². The number of para-hydroxylation sites is 1. The first-order chi connectivity index (χ1) is 8.26. The lowest BCUT2D eigenvalue weighted by Gasteiger charge is -2.18. The number of nitriles is 1. The van der Waals surface area contributed by atoms with E-state index in [-0.39, 0.29) is 12.5 Å². The van der Waals surface area contributed by atoms with E-state index in [0.29, 0.717) is 6.54 Å². The van der Waals surface area contributed by atoms with E-state index in [1.165, 1.54) is 0 Å². The number of hydrogen-bond acceptors (Lipinski definition) is 4. The number of anilines is 1. The van der Waals surface area contributed by atoms with Crippen molar-refractivity contribution >= 4 is 12.0 Å². The van der Waals surface area contributed by atoms with Crippen molar-refractivity contribution in [2.75, 3.05) is 11.9 Å². The van der Waals surface area contributed by atoms with E-state index in [9.17, 15) is 4.79 Å². The summed E-state index contributed by atoms with van der Waals surface area (Å²) in [7, 11) is 0. The maximum atomic E-state index is 10.5. The van der Waals surface area contributed by atoms with Gasteiger partial charge < -0.3 is 14.8 Å². The number of ether oxygens (including phenoxy) is 1. The number of nitrogens with one attached hydrogen (secondary N) is 1. The highest BCUT2D eigenvalue weighted by molar-refractivity contribution is 5.50. The van der Waals surface area contributed by atoms with Gasteiger partial charge in [-0.25, -0.2) is 0 Å². The van der Waals surface area contributed by atoms with Gasteiger partial charge in [-0.3, -0.25) is 0 Å². The number of benzene rings is 1. The maximum Gasteiger partial charge on any atom is 0.141 e. The van der Waals surface area contributed by atoms with Gasteiger partial charge in [0, 0.05) is 18.7 Å². The third kappa shape index (κ3) is 5.14. The molecule has 0 amide bonds. The van der Waals surface area contributed by atoms with Crippen LogP contribution in [0.5, 0.6) is 0 Å². The summed E-state index contributed by atoms with van der Waals surface area (Å²) in [6.45, 7) is 2.18. The molecule has 2 unspecified atom stereocenters. The van der Waals surface area contributed by atoms with Crippen molar-refractivity contribution < 1.29 is 9.53 Å². The zero-order valence-electron chi connectivity index (χ0n) is 9.80. The van der Waals surface area contributed by atoms with Gasteiger partial charge in [0.15, 0.2) is 0 Å². The Morgan fingerprint density at radius 2 is 2.18 bits per heavy atom. The number of hydrogen-bond donors (Lipinski definition) is 1. The molecule has 1 rings (SSSR count). The molecule has 0 aliphatic heterocycles. The van der Waals surface area contributed by atoms with Crippen LogP contribution in [0, 0.1) is 11.3 Å². The summed E-state index contributed by atoms with van der Waals surface area (Å²) in [6.07, 6.45) is 0.313. The lowest BCUT2D eigenvalue weighted by molar-refractivity contribution is -0.110. The molecule has 1 aromatic rings. The first kappa shape index (κ1) is 13.2. The van der Waals surface area contributed by atoms with Gasteiger partial charge in [0.1, 0.15) is 12.4 Å². The molecule has 2 atom stereocenters. The van der Waals surface area contributed by atoms with Crippen LogP contribution in [0.1, 0.15) is 13.3 Å². The number of carbonyl (C=O) groups is 1. The van der Waals surface area contributed by atoms with Crippen molar-refractivity contribution in [1.29, 1.82) is 5.26 Å². The molecule has 4 nitrogen and oxygen atoms in total. The summed E-state index contributed by atoms with van der Waals surface area (Å²) in [5.74, 6) is 0. The van der Waals surface area contributed by atoms with Crippen LogP contribution in [-0.4, -0.2) is 25.0 Å². The Kier molecular flexibility index (Phi) is 5.76. The van der Waals surface area contributed by atoms with Crippen molar-refractivity contribution in [3.8, 4) is 6.07 Å². The van der Waals surface area contributed by atoms with Crippen LogP contribution < -0.4 is 5.32 Å². The molecule has 0 saturated carbocycles. The van der Waals surface area contributed by atoms with Gasteiger partial charge in [0.25, 0.3) is 0 Å². The summed E-state index contributed by atoms with van der Waals surface area (Å²) >= 11 is 0. The van der Waals surface area contributed by atoms with Crippen LogP contribution in [0.4, 0.5) is 5.69 Å². The highest BCUT2D eigenvalue weighted by atomic mass is 16.5. The Morgan fingerprint density at radius 1 is 1.47 bits per heavy atom. The second-order valence-electron chi connectivity index (χ2n) is 3.68. The fourth-order valence-corrected chi connectivity index (χ4v) is 1.40. The standard InChI is InChI=1S/C13H16N2O2/c1-11(9-14)17-13(7-8-16)10-15-12-5-3-2-4-6-12/h2-6,8,11,13,15H,7,10H2,1H3. The fourth-order valence-electron chi connectivity index (χ4n) is 1.40. The van der Waals surface area contributed by atoms with E-state index in [1.807, 2.05) is 36.4 Å². The molecule has 17 heavy (non-hydrogen) atoms. The Bertz CT molecular complexity index is 373. The molecule has 1 aromatic carbocycles. The quantitative estimate of drug-likeness (QED) is 0.730.